The predicted octanol–water partition coefficient (Wildman–Crippen LogP) is 0.780. The lowest BCUT2D eigenvalue weighted by atomic mass is 10.2. The molecule has 2 heterocycles. The van der Waals surface area contributed by atoms with E-state index in [4.69, 9.17) is 14.3 Å². The van der Waals surface area contributed by atoms with Gasteiger partial charge in [-0.2, -0.15) is 4.98 Å². The average molecular weight is 212 g/mol. The molecule has 1 aliphatic rings. The van der Waals surface area contributed by atoms with Crippen molar-refractivity contribution in [3.63, 3.8) is 0 Å². The topological polar surface area (TPSA) is 58.7 Å². The average Bonchev–Trinajstić information content (AvgIpc) is 2.70. The van der Waals surface area contributed by atoms with Crippen LogP contribution in [0.25, 0.3) is 0 Å². The van der Waals surface area contributed by atoms with Gasteiger partial charge in [0.05, 0.1) is 25.4 Å². The molecule has 0 aliphatic carbocycles. The first-order chi connectivity index (χ1) is 7.20. The van der Waals surface area contributed by atoms with E-state index in [0.29, 0.717) is 18.3 Å². The Morgan fingerprint density at radius 3 is 3.07 bits per heavy atom. The number of anilines is 1. The summed E-state index contributed by atoms with van der Waals surface area (Å²) in [5, 5.41) is 8.90. The number of aliphatic hydroxyl groups excluding tert-OH is 1. The molecule has 0 radical (unpaired) electrons. The smallest absolute Gasteiger partial charge is 0.297 e. The Bertz CT molecular complexity index is 326. The van der Waals surface area contributed by atoms with E-state index in [0.717, 1.165) is 6.54 Å². The normalized spacial score (nSPS) is 27.0. The molecule has 1 aliphatic heterocycles. The van der Waals surface area contributed by atoms with Crippen molar-refractivity contribution in [1.82, 2.24) is 4.98 Å². The molecule has 1 aromatic heterocycles. The Kier molecular flexibility index (Phi) is 2.93. The molecule has 84 valence electrons. The monoisotopic (exact) mass is 212 g/mol. The summed E-state index contributed by atoms with van der Waals surface area (Å²) < 4.78 is 10.8. The zero-order valence-corrected chi connectivity index (χ0v) is 9.01. The van der Waals surface area contributed by atoms with Gasteiger partial charge in [0.2, 0.25) is 0 Å². The minimum absolute atomic E-state index is 0.0855. The van der Waals surface area contributed by atoms with E-state index in [1.807, 2.05) is 6.92 Å². The van der Waals surface area contributed by atoms with E-state index in [2.05, 4.69) is 16.8 Å². The van der Waals surface area contributed by atoms with Crippen molar-refractivity contribution in [3.8, 4) is 0 Å². The summed E-state index contributed by atoms with van der Waals surface area (Å²) >= 11 is 0. The van der Waals surface area contributed by atoms with Gasteiger partial charge in [-0.3, -0.25) is 0 Å². The Hall–Kier alpha value is -1.07. The molecule has 15 heavy (non-hydrogen) atoms. The highest BCUT2D eigenvalue weighted by atomic mass is 16.5. The third kappa shape index (κ3) is 2.13. The highest BCUT2D eigenvalue weighted by Crippen LogP contribution is 2.20. The lowest BCUT2D eigenvalue weighted by molar-refractivity contribution is 0.0322. The van der Waals surface area contributed by atoms with Gasteiger partial charge in [0.1, 0.15) is 12.0 Å². The van der Waals surface area contributed by atoms with Crippen molar-refractivity contribution in [2.75, 3.05) is 18.1 Å². The number of morpholine rings is 1. The molecule has 5 nitrogen and oxygen atoms in total. The summed E-state index contributed by atoms with van der Waals surface area (Å²) in [5.41, 5.74) is 0.566. The van der Waals surface area contributed by atoms with E-state index < -0.39 is 0 Å². The fraction of sp³-hybridized carbons (Fsp3) is 0.700. The standard InChI is InChI=1S/C10H16N2O3/c1-7-5-14-8(2)3-12(7)10-11-9(4-13)6-15-10/h6-8,13H,3-5H2,1-2H3. The molecule has 2 rings (SSSR count). The van der Waals surface area contributed by atoms with Crippen molar-refractivity contribution in [2.24, 2.45) is 0 Å². The van der Waals surface area contributed by atoms with Gasteiger partial charge in [0.25, 0.3) is 6.01 Å². The zero-order chi connectivity index (χ0) is 10.8. The highest BCUT2D eigenvalue weighted by Gasteiger charge is 2.26. The molecule has 1 saturated heterocycles. The fourth-order valence-electron chi connectivity index (χ4n) is 1.67. The van der Waals surface area contributed by atoms with Crippen molar-refractivity contribution in [2.45, 2.75) is 32.6 Å². The van der Waals surface area contributed by atoms with Crippen LogP contribution in [0.1, 0.15) is 19.5 Å². The SMILES string of the molecule is CC1CN(c2nc(CO)co2)C(C)CO1. The molecule has 1 fully saturated rings. The number of hydrogen-bond acceptors (Lipinski definition) is 5. The van der Waals surface area contributed by atoms with Crippen molar-refractivity contribution < 1.29 is 14.3 Å². The third-order valence-electron chi connectivity index (χ3n) is 2.56. The maximum absolute atomic E-state index is 8.90. The van der Waals surface area contributed by atoms with Gasteiger partial charge in [0, 0.05) is 6.54 Å². The van der Waals surface area contributed by atoms with Crippen LogP contribution in [-0.4, -0.2) is 35.4 Å². The van der Waals surface area contributed by atoms with Crippen LogP contribution >= 0.6 is 0 Å². The summed E-state index contributed by atoms with van der Waals surface area (Å²) in [6.07, 6.45) is 1.67. The second kappa shape index (κ2) is 4.20. The number of oxazole rings is 1. The Morgan fingerprint density at radius 1 is 1.60 bits per heavy atom. The Balaban J connectivity index is 2.13. The van der Waals surface area contributed by atoms with Gasteiger partial charge < -0.3 is 19.2 Å². The van der Waals surface area contributed by atoms with E-state index in [9.17, 15) is 0 Å². The summed E-state index contributed by atoms with van der Waals surface area (Å²) in [7, 11) is 0. The number of rotatable bonds is 2. The fourth-order valence-corrected chi connectivity index (χ4v) is 1.67. The molecule has 0 bridgehead atoms. The van der Waals surface area contributed by atoms with E-state index in [-0.39, 0.29) is 18.8 Å². The molecule has 0 aromatic carbocycles. The maximum atomic E-state index is 8.90. The predicted molar refractivity (Wildman–Crippen MR) is 54.6 cm³/mol. The molecule has 1 aromatic rings. The van der Waals surface area contributed by atoms with Crippen LogP contribution in [0.2, 0.25) is 0 Å². The second-order valence-corrected chi connectivity index (χ2v) is 3.92. The first-order valence-corrected chi connectivity index (χ1v) is 5.14. The van der Waals surface area contributed by atoms with Crippen molar-refractivity contribution in [3.05, 3.63) is 12.0 Å². The number of ether oxygens (including phenoxy) is 1. The van der Waals surface area contributed by atoms with E-state index in [1.165, 1.54) is 6.26 Å². The third-order valence-corrected chi connectivity index (χ3v) is 2.56. The maximum Gasteiger partial charge on any atom is 0.297 e. The second-order valence-electron chi connectivity index (χ2n) is 3.92. The molecule has 2 atom stereocenters. The van der Waals surface area contributed by atoms with Crippen LogP contribution in [0.4, 0.5) is 6.01 Å². The quantitative estimate of drug-likeness (QED) is 0.785. The summed E-state index contributed by atoms with van der Waals surface area (Å²) in [6.45, 7) is 5.45. The van der Waals surface area contributed by atoms with Crippen LogP contribution in [-0.2, 0) is 11.3 Å². The Morgan fingerprint density at radius 2 is 2.40 bits per heavy atom. The molecule has 1 N–H and O–H groups in total. The summed E-state index contributed by atoms with van der Waals surface area (Å²) in [4.78, 5) is 6.25. The molecular weight excluding hydrogens is 196 g/mol. The van der Waals surface area contributed by atoms with Gasteiger partial charge in [-0.1, -0.05) is 0 Å². The number of aliphatic hydroxyl groups is 1. The van der Waals surface area contributed by atoms with Gasteiger partial charge >= 0.3 is 0 Å². The van der Waals surface area contributed by atoms with E-state index in [1.54, 1.807) is 0 Å². The number of hydrogen-bond donors (Lipinski definition) is 1. The molecule has 0 saturated carbocycles. The first-order valence-electron chi connectivity index (χ1n) is 5.14. The highest BCUT2D eigenvalue weighted by molar-refractivity contribution is 5.29. The molecule has 2 unspecified atom stereocenters. The van der Waals surface area contributed by atoms with Crippen molar-refractivity contribution >= 4 is 6.01 Å². The largest absolute Gasteiger partial charge is 0.432 e. The van der Waals surface area contributed by atoms with Crippen molar-refractivity contribution in [1.29, 1.82) is 0 Å². The minimum atomic E-state index is -0.0855. The molecule has 0 amide bonds. The summed E-state index contributed by atoms with van der Waals surface area (Å²) in [6, 6.07) is 0.827. The lowest BCUT2D eigenvalue weighted by Gasteiger charge is -2.35. The van der Waals surface area contributed by atoms with Gasteiger partial charge in [-0.05, 0) is 13.8 Å². The molecular formula is C10H16N2O3. The van der Waals surface area contributed by atoms with Crippen LogP contribution in [0, 0.1) is 0 Å². The molecule has 0 spiro atoms. The van der Waals surface area contributed by atoms with Crippen LogP contribution in [0.5, 0.6) is 0 Å². The van der Waals surface area contributed by atoms with Gasteiger partial charge in [0.15, 0.2) is 0 Å². The zero-order valence-electron chi connectivity index (χ0n) is 9.01. The van der Waals surface area contributed by atoms with Gasteiger partial charge in [-0.15, -0.1) is 0 Å². The minimum Gasteiger partial charge on any atom is -0.432 e. The molecule has 5 heteroatoms. The Labute approximate surface area is 88.7 Å². The number of nitrogens with zero attached hydrogens (tertiary/aromatic N) is 2. The van der Waals surface area contributed by atoms with Crippen LogP contribution < -0.4 is 4.90 Å². The summed E-state index contributed by atoms with van der Waals surface area (Å²) in [5.74, 6) is 0. The lowest BCUT2D eigenvalue weighted by Crippen LogP contribution is -2.47. The van der Waals surface area contributed by atoms with Gasteiger partial charge in [-0.25, -0.2) is 0 Å². The van der Waals surface area contributed by atoms with Crippen LogP contribution in [0.15, 0.2) is 10.7 Å². The first kappa shape index (κ1) is 10.4. The number of aromatic nitrogens is 1. The van der Waals surface area contributed by atoms with Crippen LogP contribution in [0.3, 0.4) is 0 Å². The van der Waals surface area contributed by atoms with E-state index >= 15 is 0 Å².